The van der Waals surface area contributed by atoms with Gasteiger partial charge in [0.15, 0.2) is 0 Å². The van der Waals surface area contributed by atoms with Gasteiger partial charge in [-0.05, 0) is 41.9 Å². The van der Waals surface area contributed by atoms with Gasteiger partial charge in [0, 0.05) is 0 Å². The van der Waals surface area contributed by atoms with Crippen molar-refractivity contribution in [2.45, 2.75) is 45.5 Å². The maximum Gasteiger partial charge on any atom is 0.337 e. The zero-order valence-electron chi connectivity index (χ0n) is 15.3. The summed E-state index contributed by atoms with van der Waals surface area (Å²) in [7, 11) is -4.40. The number of rotatable bonds is 6. The Kier molecular flexibility index (Phi) is 6.24. The van der Waals surface area contributed by atoms with Gasteiger partial charge < -0.3 is 9.16 Å². The van der Waals surface area contributed by atoms with E-state index in [9.17, 15) is 13.2 Å². The van der Waals surface area contributed by atoms with E-state index in [-0.39, 0.29) is 11.6 Å². The molecule has 0 bridgehead atoms. The molecule has 0 radical (unpaired) electrons. The van der Waals surface area contributed by atoms with Crippen molar-refractivity contribution in [3.05, 3.63) is 29.3 Å². The van der Waals surface area contributed by atoms with Gasteiger partial charge in [0.05, 0.1) is 25.5 Å². The van der Waals surface area contributed by atoms with E-state index in [0.29, 0.717) is 16.9 Å². The van der Waals surface area contributed by atoms with E-state index >= 15 is 0 Å². The van der Waals surface area contributed by atoms with Crippen LogP contribution in [0.5, 0.6) is 5.75 Å². The van der Waals surface area contributed by atoms with Crippen molar-refractivity contribution in [2.24, 2.45) is 0 Å². The molecule has 0 aliphatic rings. The first-order chi connectivity index (χ1) is 10.7. The molecule has 8 heteroatoms. The molecular formula is C16H26O6SSi. The zero-order chi connectivity index (χ0) is 18.8. The van der Waals surface area contributed by atoms with E-state index in [0.717, 1.165) is 6.26 Å². The summed E-state index contributed by atoms with van der Waals surface area (Å²) in [5.74, 6) is -0.00659. The topological polar surface area (TPSA) is 78.9 Å². The van der Waals surface area contributed by atoms with Gasteiger partial charge in [0.1, 0.15) is 5.75 Å². The van der Waals surface area contributed by atoms with Gasteiger partial charge in [0.2, 0.25) is 8.32 Å². The van der Waals surface area contributed by atoms with Gasteiger partial charge in [0.25, 0.3) is 10.1 Å². The molecule has 1 aromatic rings. The van der Waals surface area contributed by atoms with Crippen molar-refractivity contribution in [1.82, 2.24) is 0 Å². The van der Waals surface area contributed by atoms with Crippen LogP contribution in [0.1, 0.15) is 36.7 Å². The molecule has 0 spiro atoms. The molecule has 0 aromatic heterocycles. The fraction of sp³-hybridized carbons (Fsp3) is 0.562. The van der Waals surface area contributed by atoms with Crippen LogP contribution in [-0.2, 0) is 25.6 Å². The average molecular weight is 375 g/mol. The zero-order valence-corrected chi connectivity index (χ0v) is 17.1. The van der Waals surface area contributed by atoms with E-state index in [1.165, 1.54) is 13.2 Å². The highest BCUT2D eigenvalue weighted by atomic mass is 32.2. The third kappa shape index (κ3) is 5.92. The fourth-order valence-electron chi connectivity index (χ4n) is 1.66. The van der Waals surface area contributed by atoms with Gasteiger partial charge in [-0.15, -0.1) is 0 Å². The van der Waals surface area contributed by atoms with Crippen LogP contribution >= 0.6 is 0 Å². The summed E-state index contributed by atoms with van der Waals surface area (Å²) in [6.45, 7) is 10.3. The first-order valence-electron chi connectivity index (χ1n) is 7.51. The summed E-state index contributed by atoms with van der Waals surface area (Å²) in [4.78, 5) is 11.9. The first kappa shape index (κ1) is 20.7. The Morgan fingerprint density at radius 1 is 1.17 bits per heavy atom. The Bertz CT molecular complexity index is 704. The summed E-state index contributed by atoms with van der Waals surface area (Å²) >= 11 is 0. The van der Waals surface area contributed by atoms with Crippen molar-refractivity contribution in [3.63, 3.8) is 0 Å². The molecule has 0 heterocycles. The monoisotopic (exact) mass is 374 g/mol. The molecule has 0 N–H and O–H groups in total. The SMILES string of the molecule is COC(=O)c1cc(COS(C)(=O)=O)cc(O[Si](C)(C)C(C)(C)C)c1. The Balaban J connectivity index is 3.21. The van der Waals surface area contributed by atoms with Crippen molar-refractivity contribution in [3.8, 4) is 5.75 Å². The molecule has 0 atom stereocenters. The fourth-order valence-corrected chi connectivity index (χ4v) is 3.02. The Morgan fingerprint density at radius 2 is 1.75 bits per heavy atom. The third-order valence-electron chi connectivity index (χ3n) is 4.01. The van der Waals surface area contributed by atoms with Gasteiger partial charge >= 0.3 is 5.97 Å². The molecule has 0 fully saturated rings. The molecule has 24 heavy (non-hydrogen) atoms. The molecule has 0 saturated heterocycles. The van der Waals surface area contributed by atoms with Crippen LogP contribution in [0.2, 0.25) is 18.1 Å². The Morgan fingerprint density at radius 3 is 2.21 bits per heavy atom. The summed E-state index contributed by atoms with van der Waals surface area (Å²) in [5, 5.41) is -0.0162. The molecule has 1 aromatic carbocycles. The lowest BCUT2D eigenvalue weighted by Crippen LogP contribution is -2.43. The van der Waals surface area contributed by atoms with E-state index in [4.69, 9.17) is 13.3 Å². The second kappa shape index (κ2) is 7.24. The molecule has 0 unspecified atom stereocenters. The predicted molar refractivity (Wildman–Crippen MR) is 95.2 cm³/mol. The van der Waals surface area contributed by atoms with Crippen LogP contribution in [0.3, 0.4) is 0 Å². The van der Waals surface area contributed by atoms with Crippen LogP contribution in [0.15, 0.2) is 18.2 Å². The second-order valence-electron chi connectivity index (χ2n) is 7.19. The van der Waals surface area contributed by atoms with Gasteiger partial charge in [-0.2, -0.15) is 8.42 Å². The molecular weight excluding hydrogens is 348 g/mol. The second-order valence-corrected chi connectivity index (χ2v) is 13.6. The average Bonchev–Trinajstić information content (AvgIpc) is 2.41. The standard InChI is InChI=1S/C16H26O6SSi/c1-16(2,3)24(6,7)22-14-9-12(11-21-23(5,18)19)8-13(10-14)15(17)20-4/h8-10H,11H2,1-7H3. The molecule has 0 aliphatic heterocycles. The van der Waals surface area contributed by atoms with Crippen molar-refractivity contribution in [2.75, 3.05) is 13.4 Å². The summed E-state index contributed by atoms with van der Waals surface area (Å²) < 4.78 is 38.1. The highest BCUT2D eigenvalue weighted by Gasteiger charge is 2.39. The van der Waals surface area contributed by atoms with Crippen molar-refractivity contribution < 1.29 is 26.6 Å². The van der Waals surface area contributed by atoms with E-state index in [1.54, 1.807) is 12.1 Å². The quantitative estimate of drug-likeness (QED) is 0.432. The minimum absolute atomic E-state index is 0.0162. The van der Waals surface area contributed by atoms with Gasteiger partial charge in [-0.25, -0.2) is 4.79 Å². The lowest BCUT2D eigenvalue weighted by molar-refractivity contribution is 0.0600. The normalized spacial score (nSPS) is 12.8. The maximum atomic E-state index is 11.9. The molecule has 0 amide bonds. The van der Waals surface area contributed by atoms with E-state index in [2.05, 4.69) is 33.9 Å². The summed E-state index contributed by atoms with van der Waals surface area (Å²) in [6, 6.07) is 4.84. The highest BCUT2D eigenvalue weighted by Crippen LogP contribution is 2.37. The molecule has 136 valence electrons. The lowest BCUT2D eigenvalue weighted by atomic mass is 10.1. The van der Waals surface area contributed by atoms with Gasteiger partial charge in [-0.1, -0.05) is 20.8 Å². The van der Waals surface area contributed by atoms with Crippen LogP contribution in [0, 0.1) is 0 Å². The molecule has 6 nitrogen and oxygen atoms in total. The molecule has 0 saturated carbocycles. The summed E-state index contributed by atoms with van der Waals surface area (Å²) in [6.07, 6.45) is 0.976. The van der Waals surface area contributed by atoms with Crippen LogP contribution < -0.4 is 4.43 Å². The number of esters is 1. The van der Waals surface area contributed by atoms with E-state index in [1.807, 2.05) is 0 Å². The van der Waals surface area contributed by atoms with Crippen LogP contribution in [0.4, 0.5) is 0 Å². The number of hydrogen-bond acceptors (Lipinski definition) is 6. The number of ether oxygens (including phenoxy) is 1. The van der Waals surface area contributed by atoms with E-state index < -0.39 is 24.4 Å². The first-order valence-corrected chi connectivity index (χ1v) is 12.2. The number of carbonyl (C=O) groups excluding carboxylic acids is 1. The van der Waals surface area contributed by atoms with Crippen LogP contribution in [-0.4, -0.2) is 36.1 Å². The lowest BCUT2D eigenvalue weighted by Gasteiger charge is -2.36. The number of benzene rings is 1. The molecule has 1 rings (SSSR count). The number of carbonyl (C=O) groups is 1. The highest BCUT2D eigenvalue weighted by molar-refractivity contribution is 7.85. The van der Waals surface area contributed by atoms with Crippen molar-refractivity contribution in [1.29, 1.82) is 0 Å². The predicted octanol–water partition coefficient (Wildman–Crippen LogP) is 3.33. The number of hydrogen-bond donors (Lipinski definition) is 0. The maximum absolute atomic E-state index is 11.9. The largest absolute Gasteiger partial charge is 0.543 e. The van der Waals surface area contributed by atoms with Crippen molar-refractivity contribution >= 4 is 24.4 Å². The number of methoxy groups -OCH3 is 1. The smallest absolute Gasteiger partial charge is 0.337 e. The van der Waals surface area contributed by atoms with Crippen LogP contribution in [0.25, 0.3) is 0 Å². The minimum Gasteiger partial charge on any atom is -0.543 e. The Labute approximate surface area is 145 Å². The molecule has 0 aliphatic carbocycles. The summed E-state index contributed by atoms with van der Waals surface area (Å²) in [5.41, 5.74) is 0.817. The van der Waals surface area contributed by atoms with Gasteiger partial charge in [-0.3, -0.25) is 4.18 Å². The minimum atomic E-state index is -3.58. The third-order valence-corrected chi connectivity index (χ3v) is 8.91. The Hall–Kier alpha value is -1.38.